The van der Waals surface area contributed by atoms with Crippen LogP contribution in [0.4, 0.5) is 0 Å². The van der Waals surface area contributed by atoms with Crippen LogP contribution in [-0.4, -0.2) is 30.9 Å². The van der Waals surface area contributed by atoms with E-state index in [0.717, 1.165) is 6.08 Å². The molecule has 84 valence electrons. The van der Waals surface area contributed by atoms with Crippen molar-refractivity contribution in [2.75, 3.05) is 13.2 Å². The van der Waals surface area contributed by atoms with Gasteiger partial charge in [0.05, 0.1) is 13.0 Å². The number of Topliss-reactive ketones (excluding diaryl/α,β-unsaturated/α-hetero) is 1. The molecule has 0 amide bonds. The third-order valence-electron chi connectivity index (χ3n) is 1.43. The van der Waals surface area contributed by atoms with Crippen molar-refractivity contribution in [3.8, 4) is 0 Å². The maximum atomic E-state index is 10.9. The van der Waals surface area contributed by atoms with Crippen molar-refractivity contribution in [2.24, 2.45) is 0 Å². The molecule has 0 saturated heterocycles. The van der Waals surface area contributed by atoms with E-state index in [9.17, 15) is 14.4 Å². The van der Waals surface area contributed by atoms with Gasteiger partial charge in [0.2, 0.25) is 0 Å². The number of ketones is 1. The molecule has 0 unspecified atom stereocenters. The van der Waals surface area contributed by atoms with Crippen molar-refractivity contribution < 1.29 is 23.9 Å². The molecule has 0 spiro atoms. The van der Waals surface area contributed by atoms with Gasteiger partial charge in [-0.25, -0.2) is 4.79 Å². The molecule has 0 radical (unpaired) electrons. The molecule has 0 aliphatic rings. The van der Waals surface area contributed by atoms with E-state index < -0.39 is 11.9 Å². The first-order valence-electron chi connectivity index (χ1n) is 4.50. The average Bonchev–Trinajstić information content (AvgIpc) is 2.17. The van der Waals surface area contributed by atoms with Crippen LogP contribution in [-0.2, 0) is 23.9 Å². The molecule has 5 heteroatoms. The Hall–Kier alpha value is -1.65. The second-order valence-electron chi connectivity index (χ2n) is 2.79. The van der Waals surface area contributed by atoms with Gasteiger partial charge in [0.1, 0.15) is 12.4 Å². The average molecular weight is 214 g/mol. The Kier molecular flexibility index (Phi) is 6.88. The monoisotopic (exact) mass is 214 g/mol. The third kappa shape index (κ3) is 8.67. The number of hydrogen-bond acceptors (Lipinski definition) is 5. The standard InChI is InChI=1S/C10H14O5/c1-3-9(12)14-7-5-10(13)15-6-4-8(2)11/h3H,1,4-7H2,2H3. The van der Waals surface area contributed by atoms with E-state index >= 15 is 0 Å². The summed E-state index contributed by atoms with van der Waals surface area (Å²) < 4.78 is 9.26. The summed E-state index contributed by atoms with van der Waals surface area (Å²) in [5.74, 6) is -1.11. The molecule has 5 nitrogen and oxygen atoms in total. The molecule has 15 heavy (non-hydrogen) atoms. The quantitative estimate of drug-likeness (QED) is 0.459. The zero-order valence-corrected chi connectivity index (χ0v) is 8.65. The summed E-state index contributed by atoms with van der Waals surface area (Å²) in [5.41, 5.74) is 0. The Labute approximate surface area is 88.0 Å². The van der Waals surface area contributed by atoms with Crippen LogP contribution in [0.25, 0.3) is 0 Å². The van der Waals surface area contributed by atoms with Gasteiger partial charge in [-0.1, -0.05) is 6.58 Å². The summed E-state index contributed by atoms with van der Waals surface area (Å²) in [5, 5.41) is 0. The maximum absolute atomic E-state index is 10.9. The lowest BCUT2D eigenvalue weighted by Gasteiger charge is -2.03. The molecule has 0 rings (SSSR count). The molecule has 0 bridgehead atoms. The second kappa shape index (κ2) is 7.73. The molecule has 0 aromatic carbocycles. The minimum Gasteiger partial charge on any atom is -0.465 e. The van der Waals surface area contributed by atoms with Crippen LogP contribution in [0.15, 0.2) is 12.7 Å². The Bertz CT molecular complexity index is 257. The van der Waals surface area contributed by atoms with Crippen LogP contribution in [0.1, 0.15) is 19.8 Å². The highest BCUT2D eigenvalue weighted by Crippen LogP contribution is 1.91. The van der Waals surface area contributed by atoms with Gasteiger partial charge >= 0.3 is 11.9 Å². The predicted octanol–water partition coefficient (Wildman–Crippen LogP) is 0.628. The van der Waals surface area contributed by atoms with Crippen LogP contribution in [0, 0.1) is 0 Å². The van der Waals surface area contributed by atoms with Crippen LogP contribution >= 0.6 is 0 Å². The molecular weight excluding hydrogens is 200 g/mol. The minimum absolute atomic E-state index is 0.0164. The van der Waals surface area contributed by atoms with E-state index in [1.54, 1.807) is 0 Å². The van der Waals surface area contributed by atoms with Crippen molar-refractivity contribution in [2.45, 2.75) is 19.8 Å². The van der Waals surface area contributed by atoms with Gasteiger partial charge in [0.15, 0.2) is 0 Å². The summed E-state index contributed by atoms with van der Waals surface area (Å²) in [7, 11) is 0. The summed E-state index contributed by atoms with van der Waals surface area (Å²) in [6.45, 7) is 4.65. The topological polar surface area (TPSA) is 69.7 Å². The number of rotatable bonds is 7. The molecule has 0 saturated carbocycles. The highest BCUT2D eigenvalue weighted by Gasteiger charge is 2.04. The summed E-state index contributed by atoms with van der Waals surface area (Å²) >= 11 is 0. The van der Waals surface area contributed by atoms with Crippen LogP contribution in [0.5, 0.6) is 0 Å². The van der Waals surface area contributed by atoms with E-state index in [1.165, 1.54) is 6.92 Å². The Balaban J connectivity index is 3.45. The molecule has 0 aromatic rings. The fourth-order valence-corrected chi connectivity index (χ4v) is 0.675. The fourth-order valence-electron chi connectivity index (χ4n) is 0.675. The molecule has 0 heterocycles. The largest absolute Gasteiger partial charge is 0.465 e. The van der Waals surface area contributed by atoms with E-state index in [2.05, 4.69) is 11.3 Å². The first-order valence-corrected chi connectivity index (χ1v) is 4.50. The lowest BCUT2D eigenvalue weighted by molar-refractivity contribution is -0.147. The number of carbonyl (C=O) groups excluding carboxylic acids is 3. The van der Waals surface area contributed by atoms with Crippen molar-refractivity contribution in [3.05, 3.63) is 12.7 Å². The summed E-state index contributed by atoms with van der Waals surface area (Å²) in [6, 6.07) is 0. The first kappa shape index (κ1) is 13.4. The molecule has 0 atom stereocenters. The molecular formula is C10H14O5. The van der Waals surface area contributed by atoms with Crippen LogP contribution < -0.4 is 0 Å². The first-order chi connectivity index (χ1) is 7.06. The zero-order chi connectivity index (χ0) is 11.7. The number of carbonyl (C=O) groups is 3. The SMILES string of the molecule is C=CC(=O)OCCC(=O)OCCC(C)=O. The third-order valence-corrected chi connectivity index (χ3v) is 1.43. The van der Waals surface area contributed by atoms with Gasteiger partial charge in [-0.3, -0.25) is 9.59 Å². The maximum Gasteiger partial charge on any atom is 0.330 e. The van der Waals surface area contributed by atoms with Crippen molar-refractivity contribution in [1.29, 1.82) is 0 Å². The summed E-state index contributed by atoms with van der Waals surface area (Å²) in [4.78, 5) is 32.0. The normalized spacial score (nSPS) is 9.13. The fraction of sp³-hybridized carbons (Fsp3) is 0.500. The number of hydrogen-bond donors (Lipinski definition) is 0. The second-order valence-corrected chi connectivity index (χ2v) is 2.79. The Morgan fingerprint density at radius 2 is 1.73 bits per heavy atom. The van der Waals surface area contributed by atoms with Gasteiger partial charge in [-0.05, 0) is 6.92 Å². The van der Waals surface area contributed by atoms with Gasteiger partial charge < -0.3 is 9.47 Å². The van der Waals surface area contributed by atoms with E-state index in [0.29, 0.717) is 0 Å². The summed E-state index contributed by atoms with van der Waals surface area (Å²) in [6.07, 6.45) is 1.21. The minimum atomic E-state index is -0.577. The van der Waals surface area contributed by atoms with Gasteiger partial charge in [0, 0.05) is 12.5 Å². The Morgan fingerprint density at radius 1 is 1.13 bits per heavy atom. The highest BCUT2D eigenvalue weighted by atomic mass is 16.5. The smallest absolute Gasteiger partial charge is 0.330 e. The molecule has 0 aliphatic carbocycles. The van der Waals surface area contributed by atoms with Gasteiger partial charge in [-0.2, -0.15) is 0 Å². The predicted molar refractivity (Wildman–Crippen MR) is 52.0 cm³/mol. The highest BCUT2D eigenvalue weighted by molar-refractivity contribution is 5.81. The van der Waals surface area contributed by atoms with Gasteiger partial charge in [0.25, 0.3) is 0 Å². The van der Waals surface area contributed by atoms with Crippen LogP contribution in [0.3, 0.4) is 0 Å². The van der Waals surface area contributed by atoms with E-state index in [4.69, 9.17) is 4.74 Å². The Morgan fingerprint density at radius 3 is 2.27 bits per heavy atom. The molecule has 0 aromatic heterocycles. The number of esters is 2. The molecule has 0 aliphatic heterocycles. The van der Waals surface area contributed by atoms with Crippen molar-refractivity contribution >= 4 is 17.7 Å². The van der Waals surface area contributed by atoms with Crippen LogP contribution in [0.2, 0.25) is 0 Å². The van der Waals surface area contributed by atoms with Gasteiger partial charge in [-0.15, -0.1) is 0 Å². The molecule has 0 fully saturated rings. The zero-order valence-electron chi connectivity index (χ0n) is 8.65. The number of ether oxygens (including phenoxy) is 2. The van der Waals surface area contributed by atoms with E-state index in [1.807, 2.05) is 0 Å². The molecule has 0 N–H and O–H groups in total. The lowest BCUT2D eigenvalue weighted by atomic mass is 10.3. The van der Waals surface area contributed by atoms with Crippen molar-refractivity contribution in [1.82, 2.24) is 0 Å². The van der Waals surface area contributed by atoms with E-state index in [-0.39, 0.29) is 31.8 Å². The lowest BCUT2D eigenvalue weighted by Crippen LogP contribution is -2.12. The van der Waals surface area contributed by atoms with Crippen molar-refractivity contribution in [3.63, 3.8) is 0 Å².